The minimum absolute atomic E-state index is 0.300. The van der Waals surface area contributed by atoms with Gasteiger partial charge in [0, 0.05) is 5.56 Å². The smallest absolute Gasteiger partial charge is 0.123 e. The standard InChI is InChI=1S/C13H15NO/c1-10-7-13(8-10,9-14)11-5-3-4-6-12(11)15-2/h3-6,10H,7-8H2,1-2H3. The molecule has 1 aromatic rings. The summed E-state index contributed by atoms with van der Waals surface area (Å²) in [6.07, 6.45) is 1.90. The van der Waals surface area contributed by atoms with Gasteiger partial charge < -0.3 is 4.74 Å². The summed E-state index contributed by atoms with van der Waals surface area (Å²) in [6, 6.07) is 10.3. The first-order valence-electron chi connectivity index (χ1n) is 5.26. The Labute approximate surface area is 90.5 Å². The lowest BCUT2D eigenvalue weighted by Crippen LogP contribution is -2.38. The predicted octanol–water partition coefficient (Wildman–Crippen LogP) is 2.89. The van der Waals surface area contributed by atoms with Crippen LogP contribution < -0.4 is 4.74 Å². The summed E-state index contributed by atoms with van der Waals surface area (Å²) in [7, 11) is 1.66. The monoisotopic (exact) mass is 201 g/mol. The van der Waals surface area contributed by atoms with Crippen LogP contribution in [0.25, 0.3) is 0 Å². The third-order valence-electron chi connectivity index (χ3n) is 3.23. The third-order valence-corrected chi connectivity index (χ3v) is 3.23. The average Bonchev–Trinajstić information content (AvgIpc) is 2.24. The van der Waals surface area contributed by atoms with E-state index >= 15 is 0 Å². The molecule has 0 saturated heterocycles. The fourth-order valence-corrected chi connectivity index (χ4v) is 2.54. The molecule has 0 atom stereocenters. The van der Waals surface area contributed by atoms with E-state index in [9.17, 15) is 5.26 Å². The molecule has 0 heterocycles. The Kier molecular flexibility index (Phi) is 2.40. The van der Waals surface area contributed by atoms with Crippen LogP contribution in [0.15, 0.2) is 24.3 Å². The van der Waals surface area contributed by atoms with Gasteiger partial charge in [-0.1, -0.05) is 25.1 Å². The van der Waals surface area contributed by atoms with Gasteiger partial charge in [-0.2, -0.15) is 5.26 Å². The number of hydrogen-bond acceptors (Lipinski definition) is 2. The molecule has 0 unspecified atom stereocenters. The second-order valence-electron chi connectivity index (χ2n) is 4.41. The molecule has 0 N–H and O–H groups in total. The van der Waals surface area contributed by atoms with Crippen molar-refractivity contribution in [3.8, 4) is 11.8 Å². The van der Waals surface area contributed by atoms with Gasteiger partial charge in [0.2, 0.25) is 0 Å². The lowest BCUT2D eigenvalue weighted by molar-refractivity contribution is 0.211. The molecule has 1 aromatic carbocycles. The van der Waals surface area contributed by atoms with E-state index in [1.807, 2.05) is 24.3 Å². The number of ether oxygens (including phenoxy) is 1. The molecule has 0 radical (unpaired) electrons. The highest BCUT2D eigenvalue weighted by Gasteiger charge is 2.45. The molecular weight excluding hydrogens is 186 g/mol. The molecule has 2 heteroatoms. The van der Waals surface area contributed by atoms with Gasteiger partial charge in [-0.05, 0) is 24.8 Å². The van der Waals surface area contributed by atoms with E-state index in [1.54, 1.807) is 7.11 Å². The molecule has 0 bridgehead atoms. The first kappa shape index (κ1) is 10.0. The van der Waals surface area contributed by atoms with Crippen molar-refractivity contribution in [2.24, 2.45) is 5.92 Å². The van der Waals surface area contributed by atoms with Gasteiger partial charge in [0.1, 0.15) is 5.75 Å². The Morgan fingerprint density at radius 2 is 2.07 bits per heavy atom. The van der Waals surface area contributed by atoms with Crippen molar-refractivity contribution in [1.82, 2.24) is 0 Å². The SMILES string of the molecule is COc1ccccc1C1(C#N)CC(C)C1. The van der Waals surface area contributed by atoms with Crippen LogP contribution in [0, 0.1) is 17.2 Å². The Balaban J connectivity index is 2.41. The summed E-state index contributed by atoms with van der Waals surface area (Å²) in [5, 5.41) is 9.32. The Hall–Kier alpha value is -1.49. The van der Waals surface area contributed by atoms with Gasteiger partial charge >= 0.3 is 0 Å². The molecule has 2 nitrogen and oxygen atoms in total. The number of rotatable bonds is 2. The number of hydrogen-bond donors (Lipinski definition) is 0. The first-order valence-corrected chi connectivity index (χ1v) is 5.26. The molecule has 0 aliphatic heterocycles. The summed E-state index contributed by atoms with van der Waals surface area (Å²) >= 11 is 0. The summed E-state index contributed by atoms with van der Waals surface area (Å²) in [6.45, 7) is 2.19. The number of nitrogens with zero attached hydrogens (tertiary/aromatic N) is 1. The minimum Gasteiger partial charge on any atom is -0.496 e. The lowest BCUT2D eigenvalue weighted by atomic mass is 9.60. The van der Waals surface area contributed by atoms with Crippen molar-refractivity contribution in [2.75, 3.05) is 7.11 Å². The molecule has 1 saturated carbocycles. The van der Waals surface area contributed by atoms with Gasteiger partial charge in [0.25, 0.3) is 0 Å². The second-order valence-corrected chi connectivity index (χ2v) is 4.41. The first-order chi connectivity index (χ1) is 7.22. The Bertz CT molecular complexity index is 399. The quantitative estimate of drug-likeness (QED) is 0.737. The maximum absolute atomic E-state index is 9.32. The molecule has 1 aliphatic carbocycles. The number of nitriles is 1. The summed E-state index contributed by atoms with van der Waals surface area (Å²) in [5.41, 5.74) is 0.750. The zero-order chi connectivity index (χ0) is 10.9. The van der Waals surface area contributed by atoms with Crippen molar-refractivity contribution in [1.29, 1.82) is 5.26 Å². The highest BCUT2D eigenvalue weighted by molar-refractivity contribution is 5.45. The van der Waals surface area contributed by atoms with Crippen LogP contribution in [0.1, 0.15) is 25.3 Å². The number of benzene rings is 1. The maximum atomic E-state index is 9.32. The Morgan fingerprint density at radius 1 is 1.40 bits per heavy atom. The van der Waals surface area contributed by atoms with E-state index < -0.39 is 0 Å². The van der Waals surface area contributed by atoms with Crippen molar-refractivity contribution >= 4 is 0 Å². The average molecular weight is 201 g/mol. The largest absolute Gasteiger partial charge is 0.496 e. The third kappa shape index (κ3) is 1.48. The highest BCUT2D eigenvalue weighted by Crippen LogP contribution is 2.49. The molecule has 1 aliphatic rings. The Morgan fingerprint density at radius 3 is 2.60 bits per heavy atom. The molecular formula is C13H15NO. The van der Waals surface area contributed by atoms with Crippen LogP contribution >= 0.6 is 0 Å². The van der Waals surface area contributed by atoms with E-state index in [0.29, 0.717) is 5.92 Å². The second kappa shape index (κ2) is 3.58. The van der Waals surface area contributed by atoms with Crippen LogP contribution in [0.5, 0.6) is 5.75 Å². The van der Waals surface area contributed by atoms with E-state index in [1.165, 1.54) is 0 Å². The van der Waals surface area contributed by atoms with Crippen molar-refractivity contribution in [3.05, 3.63) is 29.8 Å². The van der Waals surface area contributed by atoms with Crippen LogP contribution in [-0.2, 0) is 5.41 Å². The minimum atomic E-state index is -0.300. The van der Waals surface area contributed by atoms with Crippen LogP contribution in [0.4, 0.5) is 0 Å². The predicted molar refractivity (Wildman–Crippen MR) is 58.7 cm³/mol. The topological polar surface area (TPSA) is 33.0 Å². The van der Waals surface area contributed by atoms with Gasteiger partial charge in [0.15, 0.2) is 0 Å². The van der Waals surface area contributed by atoms with Gasteiger partial charge in [-0.25, -0.2) is 0 Å². The van der Waals surface area contributed by atoms with Crippen LogP contribution in [0.2, 0.25) is 0 Å². The molecule has 2 rings (SSSR count). The normalized spacial score (nSPS) is 29.0. The summed E-state index contributed by atoms with van der Waals surface area (Å²) in [5.74, 6) is 1.49. The number of para-hydroxylation sites is 1. The summed E-state index contributed by atoms with van der Waals surface area (Å²) < 4.78 is 5.31. The van der Waals surface area contributed by atoms with Crippen LogP contribution in [-0.4, -0.2) is 7.11 Å². The van der Waals surface area contributed by atoms with Gasteiger partial charge in [-0.15, -0.1) is 0 Å². The molecule has 0 aromatic heterocycles. The van der Waals surface area contributed by atoms with E-state index in [0.717, 1.165) is 24.2 Å². The summed E-state index contributed by atoms with van der Waals surface area (Å²) in [4.78, 5) is 0. The van der Waals surface area contributed by atoms with Crippen molar-refractivity contribution in [2.45, 2.75) is 25.2 Å². The van der Waals surface area contributed by atoms with E-state index in [-0.39, 0.29) is 5.41 Å². The fraction of sp³-hybridized carbons (Fsp3) is 0.462. The molecule has 0 spiro atoms. The van der Waals surface area contributed by atoms with E-state index in [4.69, 9.17) is 4.74 Å². The van der Waals surface area contributed by atoms with Gasteiger partial charge in [-0.3, -0.25) is 0 Å². The molecule has 15 heavy (non-hydrogen) atoms. The molecule has 0 amide bonds. The number of methoxy groups -OCH3 is 1. The van der Waals surface area contributed by atoms with Crippen LogP contribution in [0.3, 0.4) is 0 Å². The van der Waals surface area contributed by atoms with E-state index in [2.05, 4.69) is 13.0 Å². The zero-order valence-corrected chi connectivity index (χ0v) is 9.16. The van der Waals surface area contributed by atoms with Crippen molar-refractivity contribution < 1.29 is 4.74 Å². The molecule has 1 fully saturated rings. The lowest BCUT2D eigenvalue weighted by Gasteiger charge is -2.41. The fourth-order valence-electron chi connectivity index (χ4n) is 2.54. The zero-order valence-electron chi connectivity index (χ0n) is 9.16. The van der Waals surface area contributed by atoms with Crippen molar-refractivity contribution in [3.63, 3.8) is 0 Å². The van der Waals surface area contributed by atoms with Gasteiger partial charge in [0.05, 0.1) is 18.6 Å². The highest BCUT2D eigenvalue weighted by atomic mass is 16.5. The molecule has 78 valence electrons. The maximum Gasteiger partial charge on any atom is 0.123 e.